The van der Waals surface area contributed by atoms with Gasteiger partial charge in [0.1, 0.15) is 23.8 Å². The van der Waals surface area contributed by atoms with Crippen molar-refractivity contribution in [2.75, 3.05) is 27.9 Å². The van der Waals surface area contributed by atoms with Crippen molar-refractivity contribution in [3.8, 4) is 0 Å². The minimum atomic E-state index is -1.33. The first-order valence-corrected chi connectivity index (χ1v) is 27.0. The van der Waals surface area contributed by atoms with Crippen LogP contribution in [0.3, 0.4) is 0 Å². The van der Waals surface area contributed by atoms with Crippen molar-refractivity contribution in [3.63, 3.8) is 0 Å². The summed E-state index contributed by atoms with van der Waals surface area (Å²) in [5.41, 5.74) is 1.17. The van der Waals surface area contributed by atoms with Crippen LogP contribution in [0.4, 0.5) is 0 Å². The molecular formula is C59H92N2O14. The van der Waals surface area contributed by atoms with E-state index >= 15 is 0 Å². The number of carbonyl (C=O) groups excluding carboxylic acids is 3. The van der Waals surface area contributed by atoms with Crippen LogP contribution in [0.5, 0.6) is 0 Å². The molecule has 1 aromatic rings. The van der Waals surface area contributed by atoms with E-state index in [1.54, 1.807) is 61.8 Å². The van der Waals surface area contributed by atoms with Crippen LogP contribution in [-0.4, -0.2) is 144 Å². The monoisotopic (exact) mass is 1050 g/mol. The van der Waals surface area contributed by atoms with Gasteiger partial charge in [-0.3, -0.25) is 9.59 Å². The lowest BCUT2D eigenvalue weighted by atomic mass is 9.82. The van der Waals surface area contributed by atoms with Crippen molar-refractivity contribution in [3.05, 3.63) is 95.6 Å². The summed E-state index contributed by atoms with van der Waals surface area (Å²) in [5.74, 6) is -4.87. The van der Waals surface area contributed by atoms with E-state index in [0.717, 1.165) is 11.1 Å². The van der Waals surface area contributed by atoms with Gasteiger partial charge in [-0.25, -0.2) is 4.79 Å². The highest BCUT2D eigenvalue weighted by Crippen LogP contribution is 2.38. The SMILES string of the molecule is CCC(C(O)C/C=C(\C)C(O)CC(OC)C(C)C(=O)NC(C(=O)N[C@@H]1C(=O)O[C@H](c2ccccc2)[C@H]1C)C(C)C)C(O)C(C)/C=C/C=C/[C@@H]1C[C@H](OC)C[C@@](CC/C(C)=C/C=C/[C@H]2CO[C@H](C)[C@@](C)(O)[C@H]2O)(OC)O1. The summed E-state index contributed by atoms with van der Waals surface area (Å²) in [6, 6.07) is 7.50. The molecule has 3 saturated heterocycles. The number of rotatable bonds is 27. The zero-order chi connectivity index (χ0) is 55.8. The van der Waals surface area contributed by atoms with Gasteiger partial charge in [-0.05, 0) is 64.0 Å². The number of carbonyl (C=O) groups is 3. The molecule has 0 aromatic heterocycles. The molecule has 422 valence electrons. The van der Waals surface area contributed by atoms with E-state index in [4.69, 9.17) is 28.4 Å². The molecule has 18 atom stereocenters. The maximum atomic E-state index is 13.6. The predicted molar refractivity (Wildman–Crippen MR) is 288 cm³/mol. The molecule has 7 N–H and O–H groups in total. The largest absolute Gasteiger partial charge is 0.456 e. The number of nitrogens with one attached hydrogen (secondary N) is 2. The van der Waals surface area contributed by atoms with Crippen LogP contribution >= 0.6 is 0 Å². The summed E-state index contributed by atoms with van der Waals surface area (Å²) >= 11 is 0. The second-order valence-corrected chi connectivity index (χ2v) is 21.9. The smallest absolute Gasteiger partial charge is 0.329 e. The lowest BCUT2D eigenvalue weighted by molar-refractivity contribution is -0.281. The maximum Gasteiger partial charge on any atom is 0.329 e. The average molecular weight is 1050 g/mol. The number of methoxy groups -OCH3 is 3. The topological polar surface area (TPSA) is 232 Å². The molecular weight excluding hydrogens is 961 g/mol. The average Bonchev–Trinajstić information content (AvgIpc) is 3.67. The Labute approximate surface area is 447 Å². The highest BCUT2D eigenvalue weighted by Gasteiger charge is 2.46. The Morgan fingerprint density at radius 2 is 1.67 bits per heavy atom. The Bertz CT molecular complexity index is 2110. The van der Waals surface area contributed by atoms with E-state index in [9.17, 15) is 39.9 Å². The molecule has 0 spiro atoms. The molecule has 1 aromatic carbocycles. The van der Waals surface area contributed by atoms with Crippen LogP contribution in [-0.2, 0) is 42.8 Å². The first-order valence-electron chi connectivity index (χ1n) is 27.0. The first-order chi connectivity index (χ1) is 35.4. The zero-order valence-electron chi connectivity index (χ0n) is 46.9. The van der Waals surface area contributed by atoms with Gasteiger partial charge in [0.15, 0.2) is 5.79 Å². The Morgan fingerprint density at radius 1 is 0.973 bits per heavy atom. The zero-order valence-corrected chi connectivity index (χ0v) is 46.9. The fourth-order valence-corrected chi connectivity index (χ4v) is 10.3. The third-order valence-corrected chi connectivity index (χ3v) is 16.0. The summed E-state index contributed by atoms with van der Waals surface area (Å²) in [6.45, 7) is 18.4. The molecule has 2 amide bonds. The molecule has 3 fully saturated rings. The van der Waals surface area contributed by atoms with E-state index in [-0.39, 0.29) is 48.7 Å². The van der Waals surface area contributed by atoms with Crippen LogP contribution in [0, 0.1) is 35.5 Å². The van der Waals surface area contributed by atoms with Crippen LogP contribution < -0.4 is 10.6 Å². The quantitative estimate of drug-likeness (QED) is 0.0275. The number of hydrogen-bond acceptors (Lipinski definition) is 14. The van der Waals surface area contributed by atoms with Crippen LogP contribution in [0.25, 0.3) is 0 Å². The van der Waals surface area contributed by atoms with Gasteiger partial charge < -0.3 is 64.6 Å². The molecule has 16 nitrogen and oxygen atoms in total. The molecule has 3 aliphatic heterocycles. The molecule has 0 radical (unpaired) electrons. The van der Waals surface area contributed by atoms with Crippen molar-refractivity contribution in [1.82, 2.24) is 10.6 Å². The lowest BCUT2D eigenvalue weighted by Gasteiger charge is -2.42. The maximum absolute atomic E-state index is 13.6. The van der Waals surface area contributed by atoms with Gasteiger partial charge in [0.25, 0.3) is 0 Å². The molecule has 0 saturated carbocycles. The number of amides is 2. The molecule has 3 aliphatic rings. The number of ether oxygens (including phenoxy) is 6. The number of aliphatic hydroxyl groups excluding tert-OH is 4. The highest BCUT2D eigenvalue weighted by molar-refractivity contribution is 5.92. The highest BCUT2D eigenvalue weighted by atomic mass is 16.7. The molecule has 16 heteroatoms. The summed E-state index contributed by atoms with van der Waals surface area (Å²) < 4.78 is 35.4. The molecule has 0 aliphatic carbocycles. The van der Waals surface area contributed by atoms with Gasteiger partial charge >= 0.3 is 5.97 Å². The second kappa shape index (κ2) is 29.6. The first kappa shape index (κ1) is 63.5. The Hall–Kier alpha value is -4.07. The van der Waals surface area contributed by atoms with Crippen LogP contribution in [0.2, 0.25) is 0 Å². The Kier molecular flexibility index (Phi) is 25.1. The fraction of sp³-hybridized carbons (Fsp3) is 0.678. The van der Waals surface area contributed by atoms with E-state index < -0.39 is 95.8 Å². The number of cyclic esters (lactones) is 1. The third kappa shape index (κ3) is 17.5. The lowest BCUT2D eigenvalue weighted by Crippen LogP contribution is -2.57. The van der Waals surface area contributed by atoms with E-state index in [1.165, 1.54) is 7.11 Å². The van der Waals surface area contributed by atoms with Gasteiger partial charge in [0.2, 0.25) is 11.8 Å². The number of aliphatic hydroxyl groups is 5. The minimum absolute atomic E-state index is 0.0689. The van der Waals surface area contributed by atoms with E-state index in [0.29, 0.717) is 44.3 Å². The Morgan fingerprint density at radius 3 is 2.29 bits per heavy atom. The van der Waals surface area contributed by atoms with Gasteiger partial charge in [-0.15, -0.1) is 0 Å². The standard InChI is InChI=1S/C59H92N2O14/c1-14-46(52(64)38(6)22-18-19-26-44-31-45(70-11)33-59(72-13,75-44)30-29-36(4)21-20-25-43-34-73-41(9)58(10,69)54(43)65)47(62)28-27-37(5)48(63)32-49(71-12)39(7)55(66)60-50(35(2)3)56(67)61-51-40(8)53(74-57(51)68)42-23-16-15-17-24-42/h15-27,35,38-41,43-54,62-65,69H,14,28-34H2,1-13H3,(H,60,66)(H,61,67)/b22-18+,25-20+,26-19+,36-21+,37-27+/t38?,39?,40-,41+,43-,44+,45-,46?,47?,48?,49?,50?,51-,52?,53-,54-,58+,59-/m0/s1. The van der Waals surface area contributed by atoms with Crippen molar-refractivity contribution in [1.29, 1.82) is 0 Å². The second-order valence-electron chi connectivity index (χ2n) is 21.9. The molecule has 0 bridgehead atoms. The summed E-state index contributed by atoms with van der Waals surface area (Å²) in [5, 5.41) is 61.1. The summed E-state index contributed by atoms with van der Waals surface area (Å²) in [4.78, 5) is 40.1. The summed E-state index contributed by atoms with van der Waals surface area (Å²) in [6.07, 6.45) is 12.6. The summed E-state index contributed by atoms with van der Waals surface area (Å²) in [7, 11) is 4.79. The number of benzene rings is 1. The van der Waals surface area contributed by atoms with E-state index in [2.05, 4.69) is 10.6 Å². The van der Waals surface area contributed by atoms with E-state index in [1.807, 2.05) is 101 Å². The predicted octanol–water partition coefficient (Wildman–Crippen LogP) is 6.75. The van der Waals surface area contributed by atoms with Crippen molar-refractivity contribution < 1.29 is 68.3 Å². The Balaban J connectivity index is 1.27. The van der Waals surface area contributed by atoms with Crippen molar-refractivity contribution in [2.45, 2.75) is 193 Å². The van der Waals surface area contributed by atoms with Gasteiger partial charge in [-0.1, -0.05) is 126 Å². The normalized spacial score (nSPS) is 31.3. The molecule has 4 rings (SSSR count). The van der Waals surface area contributed by atoms with Crippen molar-refractivity contribution >= 4 is 17.8 Å². The molecule has 8 unspecified atom stereocenters. The third-order valence-electron chi connectivity index (χ3n) is 16.0. The number of hydrogen-bond donors (Lipinski definition) is 7. The molecule has 75 heavy (non-hydrogen) atoms. The fourth-order valence-electron chi connectivity index (χ4n) is 10.3. The minimum Gasteiger partial charge on any atom is -0.456 e. The van der Waals surface area contributed by atoms with Gasteiger partial charge in [0, 0.05) is 70.7 Å². The van der Waals surface area contributed by atoms with Gasteiger partial charge in [0.05, 0.1) is 61.4 Å². The van der Waals surface area contributed by atoms with Crippen LogP contribution in [0.15, 0.2) is 90.1 Å². The van der Waals surface area contributed by atoms with Crippen LogP contribution in [0.1, 0.15) is 126 Å². The number of allylic oxidation sites excluding steroid dienone is 5. The molecule has 3 heterocycles. The van der Waals surface area contributed by atoms with Crippen molar-refractivity contribution in [2.24, 2.45) is 35.5 Å². The van der Waals surface area contributed by atoms with Gasteiger partial charge in [-0.2, -0.15) is 0 Å². The number of esters is 1.